The number of tetrazole rings is 1. The van der Waals surface area contributed by atoms with E-state index in [0.29, 0.717) is 18.1 Å². The maximum Gasteiger partial charge on any atom is 0.224 e. The van der Waals surface area contributed by atoms with Crippen LogP contribution in [-0.2, 0) is 4.79 Å². The largest absolute Gasteiger partial charge is 0.356 e. The first kappa shape index (κ1) is 15.6. The molecule has 0 radical (unpaired) electrons. The van der Waals surface area contributed by atoms with Crippen molar-refractivity contribution in [2.45, 2.75) is 33.1 Å². The fourth-order valence-electron chi connectivity index (χ4n) is 2.84. The van der Waals surface area contributed by atoms with E-state index in [2.05, 4.69) is 44.7 Å². The molecule has 1 fully saturated rings. The van der Waals surface area contributed by atoms with Crippen LogP contribution in [0.2, 0.25) is 0 Å². The fourth-order valence-corrected chi connectivity index (χ4v) is 2.84. The number of piperidine rings is 1. The number of hydrogen-bond donors (Lipinski definition) is 1. The monoisotopic (exact) mass is 317 g/mol. The highest BCUT2D eigenvalue weighted by molar-refractivity contribution is 5.79. The Bertz CT molecular complexity index is 669. The van der Waals surface area contributed by atoms with Gasteiger partial charge in [0.2, 0.25) is 5.91 Å². The second-order valence-corrected chi connectivity index (χ2v) is 6.48. The molecule has 1 saturated heterocycles. The van der Waals surface area contributed by atoms with Crippen LogP contribution < -0.4 is 10.2 Å². The van der Waals surface area contributed by atoms with Gasteiger partial charge in [-0.25, -0.2) is 0 Å². The van der Waals surface area contributed by atoms with Gasteiger partial charge in [-0.2, -0.15) is 0 Å². The Labute approximate surface area is 135 Å². The molecule has 0 unspecified atom stereocenters. The standard InChI is InChI=1S/C15H23N7O/c1-11(2)7-8-16-15(23)12-4-3-9-21(10-12)14-6-5-13-17-19-20-22(13)18-14/h5-6,11-12H,3-4,7-10H2,1-2H3,(H,16,23)/t12-/m1/s1. The molecular weight excluding hydrogens is 294 g/mol. The first-order chi connectivity index (χ1) is 11.1. The van der Waals surface area contributed by atoms with Crippen LogP contribution in [0.25, 0.3) is 5.65 Å². The molecule has 1 aliphatic rings. The highest BCUT2D eigenvalue weighted by Gasteiger charge is 2.26. The Balaban J connectivity index is 1.62. The van der Waals surface area contributed by atoms with Crippen LogP contribution in [0.1, 0.15) is 33.1 Å². The molecule has 1 amide bonds. The van der Waals surface area contributed by atoms with Crippen molar-refractivity contribution >= 4 is 17.4 Å². The summed E-state index contributed by atoms with van der Waals surface area (Å²) in [5, 5.41) is 18.7. The molecule has 124 valence electrons. The van der Waals surface area contributed by atoms with Crippen LogP contribution in [0.3, 0.4) is 0 Å². The molecule has 2 aromatic rings. The molecule has 2 aromatic heterocycles. The van der Waals surface area contributed by atoms with Gasteiger partial charge in [0, 0.05) is 19.6 Å². The number of nitrogens with zero attached hydrogens (tertiary/aromatic N) is 6. The molecule has 0 bridgehead atoms. The molecule has 8 nitrogen and oxygen atoms in total. The zero-order valence-electron chi connectivity index (χ0n) is 13.6. The Hall–Kier alpha value is -2.25. The lowest BCUT2D eigenvalue weighted by molar-refractivity contribution is -0.125. The molecule has 3 rings (SSSR count). The molecule has 8 heteroatoms. The van der Waals surface area contributed by atoms with Gasteiger partial charge in [-0.05, 0) is 47.7 Å². The molecule has 1 aliphatic heterocycles. The molecule has 0 aliphatic carbocycles. The van der Waals surface area contributed by atoms with Crippen molar-refractivity contribution in [3.05, 3.63) is 12.1 Å². The Morgan fingerprint density at radius 2 is 2.30 bits per heavy atom. The van der Waals surface area contributed by atoms with Crippen molar-refractivity contribution in [1.82, 2.24) is 30.6 Å². The summed E-state index contributed by atoms with van der Waals surface area (Å²) in [5.74, 6) is 1.58. The molecule has 0 aromatic carbocycles. The number of carbonyl (C=O) groups is 1. The number of hydrogen-bond acceptors (Lipinski definition) is 6. The van der Waals surface area contributed by atoms with Crippen molar-refractivity contribution in [1.29, 1.82) is 0 Å². The highest BCUT2D eigenvalue weighted by atomic mass is 16.1. The van der Waals surface area contributed by atoms with Crippen LogP contribution in [0.15, 0.2) is 12.1 Å². The van der Waals surface area contributed by atoms with Crippen molar-refractivity contribution in [3.8, 4) is 0 Å². The maximum atomic E-state index is 12.3. The molecule has 3 heterocycles. The number of rotatable bonds is 5. The van der Waals surface area contributed by atoms with Crippen molar-refractivity contribution in [2.75, 3.05) is 24.5 Å². The molecule has 1 atom stereocenters. The molecular formula is C15H23N7O. The molecule has 0 spiro atoms. The second kappa shape index (κ2) is 6.89. The first-order valence-corrected chi connectivity index (χ1v) is 8.21. The maximum absolute atomic E-state index is 12.3. The molecule has 23 heavy (non-hydrogen) atoms. The Morgan fingerprint density at radius 1 is 1.43 bits per heavy atom. The summed E-state index contributed by atoms with van der Waals surface area (Å²) in [6.45, 7) is 6.66. The van der Waals surface area contributed by atoms with E-state index in [0.717, 1.165) is 38.2 Å². The summed E-state index contributed by atoms with van der Waals surface area (Å²) in [4.78, 5) is 14.5. The SMILES string of the molecule is CC(C)CCNC(=O)[C@@H]1CCCN(c2ccc3nnnn3n2)C1. The van der Waals surface area contributed by atoms with Crippen LogP contribution in [0, 0.1) is 11.8 Å². The lowest BCUT2D eigenvalue weighted by Gasteiger charge is -2.32. The van der Waals surface area contributed by atoms with E-state index < -0.39 is 0 Å². The quantitative estimate of drug-likeness (QED) is 0.881. The molecule has 1 N–H and O–H groups in total. The van der Waals surface area contributed by atoms with E-state index in [1.807, 2.05) is 12.1 Å². The van der Waals surface area contributed by atoms with Crippen molar-refractivity contribution in [3.63, 3.8) is 0 Å². The number of fused-ring (bicyclic) bond motifs is 1. The number of amides is 1. The minimum Gasteiger partial charge on any atom is -0.356 e. The van der Waals surface area contributed by atoms with E-state index in [4.69, 9.17) is 0 Å². The third-order valence-electron chi connectivity index (χ3n) is 4.19. The Kier molecular flexibility index (Phi) is 4.68. The van der Waals surface area contributed by atoms with Gasteiger partial charge >= 0.3 is 0 Å². The van der Waals surface area contributed by atoms with Gasteiger partial charge in [-0.1, -0.05) is 13.8 Å². The summed E-state index contributed by atoms with van der Waals surface area (Å²) in [6.07, 6.45) is 2.93. The van der Waals surface area contributed by atoms with Crippen LogP contribution in [0.4, 0.5) is 5.82 Å². The van der Waals surface area contributed by atoms with E-state index in [1.165, 1.54) is 4.63 Å². The van der Waals surface area contributed by atoms with Gasteiger partial charge in [0.1, 0.15) is 0 Å². The summed E-state index contributed by atoms with van der Waals surface area (Å²) in [6, 6.07) is 3.75. The lowest BCUT2D eigenvalue weighted by atomic mass is 9.97. The Morgan fingerprint density at radius 3 is 3.13 bits per heavy atom. The van der Waals surface area contributed by atoms with Gasteiger partial charge in [-0.3, -0.25) is 4.79 Å². The fraction of sp³-hybridized carbons (Fsp3) is 0.667. The van der Waals surface area contributed by atoms with E-state index in [1.54, 1.807) is 0 Å². The number of nitrogens with one attached hydrogen (secondary N) is 1. The summed E-state index contributed by atoms with van der Waals surface area (Å²) >= 11 is 0. The summed E-state index contributed by atoms with van der Waals surface area (Å²) in [5.41, 5.74) is 0.619. The third-order valence-corrected chi connectivity index (χ3v) is 4.19. The van der Waals surface area contributed by atoms with Gasteiger partial charge in [-0.15, -0.1) is 14.8 Å². The van der Waals surface area contributed by atoms with Gasteiger partial charge < -0.3 is 10.2 Å². The minimum absolute atomic E-state index is 0.0160. The predicted octanol–water partition coefficient (Wildman–Crippen LogP) is 0.898. The zero-order chi connectivity index (χ0) is 16.2. The number of carbonyl (C=O) groups excluding carboxylic acids is 1. The lowest BCUT2D eigenvalue weighted by Crippen LogP contribution is -2.43. The van der Waals surface area contributed by atoms with Crippen LogP contribution in [-0.4, -0.2) is 50.8 Å². The summed E-state index contributed by atoms with van der Waals surface area (Å²) < 4.78 is 1.42. The zero-order valence-corrected chi connectivity index (χ0v) is 13.6. The predicted molar refractivity (Wildman–Crippen MR) is 86.0 cm³/mol. The van der Waals surface area contributed by atoms with Gasteiger partial charge in [0.15, 0.2) is 11.5 Å². The molecule has 0 saturated carbocycles. The number of aromatic nitrogens is 5. The van der Waals surface area contributed by atoms with Crippen LogP contribution in [0.5, 0.6) is 0 Å². The topological polar surface area (TPSA) is 88.3 Å². The van der Waals surface area contributed by atoms with E-state index in [9.17, 15) is 4.79 Å². The average molecular weight is 317 g/mol. The van der Waals surface area contributed by atoms with Gasteiger partial charge in [0.25, 0.3) is 0 Å². The van der Waals surface area contributed by atoms with Crippen molar-refractivity contribution in [2.24, 2.45) is 11.8 Å². The number of anilines is 1. The van der Waals surface area contributed by atoms with E-state index >= 15 is 0 Å². The minimum atomic E-state index is 0.0160. The van der Waals surface area contributed by atoms with Crippen LogP contribution >= 0.6 is 0 Å². The van der Waals surface area contributed by atoms with E-state index in [-0.39, 0.29) is 11.8 Å². The first-order valence-electron chi connectivity index (χ1n) is 8.21. The second-order valence-electron chi connectivity index (χ2n) is 6.48. The van der Waals surface area contributed by atoms with Crippen molar-refractivity contribution < 1.29 is 4.79 Å². The summed E-state index contributed by atoms with van der Waals surface area (Å²) in [7, 11) is 0. The third kappa shape index (κ3) is 3.75. The van der Waals surface area contributed by atoms with Gasteiger partial charge in [0.05, 0.1) is 5.92 Å². The normalized spacial score (nSPS) is 18.6. The average Bonchev–Trinajstić information content (AvgIpc) is 3.02. The smallest absolute Gasteiger partial charge is 0.224 e. The highest BCUT2D eigenvalue weighted by Crippen LogP contribution is 2.21.